The standard InChI is InChI=1S/C12H18BrN3O/c1-8(2)16(5-6-17)9-3-4-10(12(14)15)11(13)7-9/h3-4,7-8,17H,5-6H2,1-2H3,(H3,14,15). The molecule has 4 nitrogen and oxygen atoms in total. The third-order valence-corrected chi connectivity index (χ3v) is 3.19. The van der Waals surface area contributed by atoms with Crippen molar-refractivity contribution in [2.24, 2.45) is 5.73 Å². The van der Waals surface area contributed by atoms with Gasteiger partial charge in [0.2, 0.25) is 0 Å². The minimum Gasteiger partial charge on any atom is -0.395 e. The Hall–Kier alpha value is -1.07. The Balaban J connectivity index is 3.06. The van der Waals surface area contributed by atoms with Crippen LogP contribution in [-0.2, 0) is 0 Å². The molecule has 0 bridgehead atoms. The lowest BCUT2D eigenvalue weighted by Gasteiger charge is -2.28. The number of benzene rings is 1. The van der Waals surface area contributed by atoms with Gasteiger partial charge in [0.25, 0.3) is 0 Å². The molecular weight excluding hydrogens is 282 g/mol. The molecule has 94 valence electrons. The van der Waals surface area contributed by atoms with Crippen LogP contribution in [0.4, 0.5) is 5.69 Å². The van der Waals surface area contributed by atoms with Crippen molar-refractivity contribution in [3.8, 4) is 0 Å². The van der Waals surface area contributed by atoms with Gasteiger partial charge in [0.15, 0.2) is 0 Å². The first kappa shape index (κ1) is 14.0. The smallest absolute Gasteiger partial charge is 0.123 e. The van der Waals surface area contributed by atoms with Gasteiger partial charge in [-0.2, -0.15) is 0 Å². The van der Waals surface area contributed by atoms with Gasteiger partial charge in [0.05, 0.1) is 6.61 Å². The normalized spacial score (nSPS) is 10.6. The predicted molar refractivity (Wildman–Crippen MR) is 74.7 cm³/mol. The summed E-state index contributed by atoms with van der Waals surface area (Å²) in [6.45, 7) is 4.85. The summed E-state index contributed by atoms with van der Waals surface area (Å²) in [6.07, 6.45) is 0. The van der Waals surface area contributed by atoms with Gasteiger partial charge in [0, 0.05) is 28.3 Å². The molecule has 0 aliphatic heterocycles. The van der Waals surface area contributed by atoms with Crippen LogP contribution in [0.3, 0.4) is 0 Å². The van der Waals surface area contributed by atoms with E-state index in [2.05, 4.69) is 34.7 Å². The average Bonchev–Trinajstić information content (AvgIpc) is 2.24. The molecular formula is C12H18BrN3O. The first-order valence-electron chi connectivity index (χ1n) is 5.48. The van der Waals surface area contributed by atoms with Gasteiger partial charge in [-0.15, -0.1) is 0 Å². The Bertz CT molecular complexity index is 407. The SMILES string of the molecule is CC(C)N(CCO)c1ccc(C(=N)N)c(Br)c1. The van der Waals surface area contributed by atoms with E-state index < -0.39 is 0 Å². The second kappa shape index (κ2) is 6.02. The van der Waals surface area contributed by atoms with Crippen LogP contribution in [0.1, 0.15) is 19.4 Å². The van der Waals surface area contributed by atoms with Gasteiger partial charge in [-0.05, 0) is 48.0 Å². The second-order valence-corrected chi connectivity index (χ2v) is 4.94. The zero-order valence-electron chi connectivity index (χ0n) is 10.1. The highest BCUT2D eigenvalue weighted by Gasteiger charge is 2.12. The fraction of sp³-hybridized carbons (Fsp3) is 0.417. The molecule has 0 aromatic heterocycles. The van der Waals surface area contributed by atoms with Gasteiger partial charge in [-0.25, -0.2) is 0 Å². The number of amidine groups is 1. The zero-order chi connectivity index (χ0) is 13.0. The van der Waals surface area contributed by atoms with Crippen molar-refractivity contribution >= 4 is 27.5 Å². The maximum Gasteiger partial charge on any atom is 0.123 e. The molecule has 17 heavy (non-hydrogen) atoms. The molecule has 0 saturated carbocycles. The van der Waals surface area contributed by atoms with Crippen molar-refractivity contribution in [1.82, 2.24) is 0 Å². The number of nitrogens with zero attached hydrogens (tertiary/aromatic N) is 1. The minimum absolute atomic E-state index is 0.0432. The molecule has 0 unspecified atom stereocenters. The highest BCUT2D eigenvalue weighted by atomic mass is 79.9. The summed E-state index contributed by atoms with van der Waals surface area (Å²) in [4.78, 5) is 2.09. The third-order valence-electron chi connectivity index (χ3n) is 2.54. The molecule has 0 saturated heterocycles. The molecule has 1 aromatic carbocycles. The van der Waals surface area contributed by atoms with Crippen molar-refractivity contribution in [2.45, 2.75) is 19.9 Å². The van der Waals surface area contributed by atoms with E-state index in [4.69, 9.17) is 16.2 Å². The predicted octanol–water partition coefficient (Wildman–Crippen LogP) is 1.94. The van der Waals surface area contributed by atoms with E-state index in [0.717, 1.165) is 10.2 Å². The molecule has 1 aromatic rings. The van der Waals surface area contributed by atoms with Crippen LogP contribution in [0.2, 0.25) is 0 Å². The Labute approximate surface area is 110 Å². The number of hydrogen-bond acceptors (Lipinski definition) is 3. The Morgan fingerprint density at radius 1 is 1.53 bits per heavy atom. The fourth-order valence-electron chi connectivity index (χ4n) is 1.69. The second-order valence-electron chi connectivity index (χ2n) is 4.09. The van der Waals surface area contributed by atoms with Crippen molar-refractivity contribution in [2.75, 3.05) is 18.1 Å². The van der Waals surface area contributed by atoms with Gasteiger partial charge >= 0.3 is 0 Å². The van der Waals surface area contributed by atoms with E-state index in [1.165, 1.54) is 0 Å². The summed E-state index contributed by atoms with van der Waals surface area (Å²) < 4.78 is 0.797. The summed E-state index contributed by atoms with van der Waals surface area (Å²) in [5.74, 6) is 0.0432. The molecule has 0 atom stereocenters. The molecule has 0 fully saturated rings. The lowest BCUT2D eigenvalue weighted by atomic mass is 10.1. The minimum atomic E-state index is 0.0432. The van der Waals surface area contributed by atoms with Crippen LogP contribution < -0.4 is 10.6 Å². The van der Waals surface area contributed by atoms with E-state index in [1.807, 2.05) is 18.2 Å². The summed E-state index contributed by atoms with van der Waals surface area (Å²) in [5, 5.41) is 16.5. The maximum atomic E-state index is 9.05. The van der Waals surface area contributed by atoms with Gasteiger partial charge in [0.1, 0.15) is 5.84 Å². The monoisotopic (exact) mass is 299 g/mol. The van der Waals surface area contributed by atoms with Crippen molar-refractivity contribution in [3.05, 3.63) is 28.2 Å². The molecule has 0 aliphatic rings. The summed E-state index contributed by atoms with van der Waals surface area (Å²) >= 11 is 3.41. The fourth-order valence-corrected chi connectivity index (χ4v) is 2.27. The molecule has 4 N–H and O–H groups in total. The Morgan fingerprint density at radius 3 is 2.59 bits per heavy atom. The van der Waals surface area contributed by atoms with Crippen molar-refractivity contribution in [3.63, 3.8) is 0 Å². The number of hydrogen-bond donors (Lipinski definition) is 3. The number of aliphatic hydroxyl groups excluding tert-OH is 1. The summed E-state index contributed by atoms with van der Waals surface area (Å²) in [6, 6.07) is 5.95. The average molecular weight is 300 g/mol. The topological polar surface area (TPSA) is 73.3 Å². The number of nitrogen functional groups attached to an aromatic ring is 1. The van der Waals surface area contributed by atoms with E-state index in [-0.39, 0.29) is 12.4 Å². The number of aliphatic hydroxyl groups is 1. The van der Waals surface area contributed by atoms with E-state index in [1.54, 1.807) is 0 Å². The zero-order valence-corrected chi connectivity index (χ0v) is 11.7. The van der Waals surface area contributed by atoms with Crippen LogP contribution in [0, 0.1) is 5.41 Å². The quantitative estimate of drug-likeness (QED) is 0.575. The molecule has 0 heterocycles. The van der Waals surface area contributed by atoms with Crippen molar-refractivity contribution < 1.29 is 5.11 Å². The molecule has 0 spiro atoms. The summed E-state index contributed by atoms with van der Waals surface area (Å²) in [7, 11) is 0. The summed E-state index contributed by atoms with van der Waals surface area (Å²) in [5.41, 5.74) is 7.15. The number of rotatable bonds is 5. The molecule has 5 heteroatoms. The van der Waals surface area contributed by atoms with Crippen LogP contribution in [0.25, 0.3) is 0 Å². The van der Waals surface area contributed by atoms with E-state index >= 15 is 0 Å². The number of anilines is 1. The van der Waals surface area contributed by atoms with Crippen LogP contribution in [0.5, 0.6) is 0 Å². The van der Waals surface area contributed by atoms with Gasteiger partial charge in [-0.3, -0.25) is 5.41 Å². The first-order valence-corrected chi connectivity index (χ1v) is 6.28. The van der Waals surface area contributed by atoms with Crippen molar-refractivity contribution in [1.29, 1.82) is 5.41 Å². The first-order chi connectivity index (χ1) is 7.97. The molecule has 0 radical (unpaired) electrons. The lowest BCUT2D eigenvalue weighted by molar-refractivity contribution is 0.299. The van der Waals surface area contributed by atoms with E-state index in [0.29, 0.717) is 18.2 Å². The largest absolute Gasteiger partial charge is 0.395 e. The highest BCUT2D eigenvalue weighted by Crippen LogP contribution is 2.25. The van der Waals surface area contributed by atoms with Crippen LogP contribution in [0.15, 0.2) is 22.7 Å². The Kier molecular flexibility index (Phi) is 4.96. The van der Waals surface area contributed by atoms with Crippen LogP contribution in [-0.4, -0.2) is 30.1 Å². The Morgan fingerprint density at radius 2 is 2.18 bits per heavy atom. The number of nitrogens with two attached hydrogens (primary N) is 1. The molecule has 0 amide bonds. The van der Waals surface area contributed by atoms with Crippen LogP contribution >= 0.6 is 15.9 Å². The van der Waals surface area contributed by atoms with Gasteiger partial charge in [-0.1, -0.05) is 0 Å². The van der Waals surface area contributed by atoms with E-state index in [9.17, 15) is 0 Å². The lowest BCUT2D eigenvalue weighted by Crippen LogP contribution is -2.33. The molecule has 0 aliphatic carbocycles. The third kappa shape index (κ3) is 3.44. The maximum absolute atomic E-state index is 9.05. The van der Waals surface area contributed by atoms with Gasteiger partial charge < -0.3 is 15.7 Å². The number of halogens is 1. The number of nitrogens with one attached hydrogen (secondary N) is 1. The highest BCUT2D eigenvalue weighted by molar-refractivity contribution is 9.10. The molecule has 1 rings (SSSR count).